The second-order valence-electron chi connectivity index (χ2n) is 8.70. The standard InChI is InChI=1S/C24H32Cl2N4O4S/c1-17(2)14-27-24(32)18(3)29(15-19-11-12-20(25)13-22(19)26)23(31)16-30(35(33,34)28(4)5)21-9-7-6-8-10-21/h6-13,17-18H,14-16H2,1-5H3,(H,27,32)/t18-/m1/s1. The van der Waals surface area contributed by atoms with Gasteiger partial charge < -0.3 is 10.2 Å². The Labute approximate surface area is 218 Å². The van der Waals surface area contributed by atoms with Crippen LogP contribution in [0.4, 0.5) is 5.69 Å². The molecule has 0 unspecified atom stereocenters. The molecule has 0 aliphatic carbocycles. The molecule has 1 atom stereocenters. The van der Waals surface area contributed by atoms with Gasteiger partial charge in [-0.05, 0) is 42.7 Å². The maximum atomic E-state index is 13.6. The number of halogens is 2. The zero-order valence-corrected chi connectivity index (χ0v) is 22.9. The number of carbonyl (C=O) groups excluding carboxylic acids is 2. The summed E-state index contributed by atoms with van der Waals surface area (Å²) in [6.45, 7) is 5.46. The number of benzene rings is 2. The molecule has 8 nitrogen and oxygen atoms in total. The van der Waals surface area contributed by atoms with Gasteiger partial charge in [-0.3, -0.25) is 9.59 Å². The Morgan fingerprint density at radius 1 is 1.00 bits per heavy atom. The van der Waals surface area contributed by atoms with Crippen molar-refractivity contribution < 1.29 is 18.0 Å². The van der Waals surface area contributed by atoms with E-state index in [4.69, 9.17) is 23.2 Å². The molecule has 2 rings (SSSR count). The highest BCUT2D eigenvalue weighted by atomic mass is 35.5. The molecule has 35 heavy (non-hydrogen) atoms. The van der Waals surface area contributed by atoms with Crippen molar-refractivity contribution in [1.29, 1.82) is 0 Å². The summed E-state index contributed by atoms with van der Waals surface area (Å²) >= 11 is 12.4. The third-order valence-corrected chi connectivity index (χ3v) is 7.68. The van der Waals surface area contributed by atoms with Crippen molar-refractivity contribution in [2.75, 3.05) is 31.5 Å². The first-order valence-electron chi connectivity index (χ1n) is 11.1. The van der Waals surface area contributed by atoms with Crippen molar-refractivity contribution in [3.8, 4) is 0 Å². The fourth-order valence-electron chi connectivity index (χ4n) is 3.18. The minimum Gasteiger partial charge on any atom is -0.354 e. The molecule has 0 radical (unpaired) electrons. The first kappa shape index (κ1) is 28.9. The average molecular weight is 544 g/mol. The van der Waals surface area contributed by atoms with E-state index in [2.05, 4.69) is 5.32 Å². The Kier molecular flexibility index (Phi) is 10.4. The molecule has 0 fully saturated rings. The van der Waals surface area contributed by atoms with E-state index < -0.39 is 28.7 Å². The fraction of sp³-hybridized carbons (Fsp3) is 0.417. The van der Waals surface area contributed by atoms with Gasteiger partial charge in [0.05, 0.1) is 5.69 Å². The Bertz CT molecular complexity index is 1130. The van der Waals surface area contributed by atoms with Gasteiger partial charge in [0.2, 0.25) is 11.8 Å². The molecule has 11 heteroatoms. The van der Waals surface area contributed by atoms with Crippen LogP contribution in [-0.2, 0) is 26.3 Å². The first-order valence-corrected chi connectivity index (χ1v) is 13.3. The topological polar surface area (TPSA) is 90.0 Å². The predicted molar refractivity (Wildman–Crippen MR) is 141 cm³/mol. The van der Waals surface area contributed by atoms with Gasteiger partial charge in [-0.1, -0.05) is 61.3 Å². The molecule has 0 aliphatic heterocycles. The van der Waals surface area contributed by atoms with Gasteiger partial charge in [-0.2, -0.15) is 12.7 Å². The molecule has 192 valence electrons. The summed E-state index contributed by atoms with van der Waals surface area (Å²) in [7, 11) is -1.22. The maximum Gasteiger partial charge on any atom is 0.304 e. The van der Waals surface area contributed by atoms with Gasteiger partial charge in [-0.15, -0.1) is 0 Å². The van der Waals surface area contributed by atoms with Crippen molar-refractivity contribution in [1.82, 2.24) is 14.5 Å². The van der Waals surface area contributed by atoms with E-state index in [0.29, 0.717) is 27.8 Å². The van der Waals surface area contributed by atoms with Crippen molar-refractivity contribution in [2.45, 2.75) is 33.4 Å². The summed E-state index contributed by atoms with van der Waals surface area (Å²) in [6, 6.07) is 12.3. The number of rotatable bonds is 11. The Balaban J connectivity index is 2.44. The summed E-state index contributed by atoms with van der Waals surface area (Å²) in [5.74, 6) is -0.684. The SMILES string of the molecule is CC(C)CNC(=O)[C@@H](C)N(Cc1ccc(Cl)cc1Cl)C(=O)CN(c1ccccc1)S(=O)(=O)N(C)C. The van der Waals surface area contributed by atoms with Gasteiger partial charge >= 0.3 is 10.2 Å². The number of hydrogen-bond donors (Lipinski definition) is 1. The number of carbonyl (C=O) groups is 2. The minimum absolute atomic E-state index is 0.00422. The number of para-hydroxylation sites is 1. The molecule has 0 heterocycles. The van der Waals surface area contributed by atoms with Crippen LogP contribution in [0.1, 0.15) is 26.3 Å². The molecule has 2 aromatic carbocycles. The predicted octanol–water partition coefficient (Wildman–Crippen LogP) is 3.80. The molecule has 2 amide bonds. The minimum atomic E-state index is -4.00. The summed E-state index contributed by atoms with van der Waals surface area (Å²) in [6.07, 6.45) is 0. The Morgan fingerprint density at radius 3 is 2.17 bits per heavy atom. The summed E-state index contributed by atoms with van der Waals surface area (Å²) < 4.78 is 28.2. The lowest BCUT2D eigenvalue weighted by Gasteiger charge is -2.33. The van der Waals surface area contributed by atoms with E-state index in [9.17, 15) is 18.0 Å². The monoisotopic (exact) mass is 542 g/mol. The fourth-order valence-corrected chi connectivity index (χ4v) is 4.70. The van der Waals surface area contributed by atoms with E-state index in [1.807, 2.05) is 13.8 Å². The van der Waals surface area contributed by atoms with Crippen molar-refractivity contribution in [3.05, 3.63) is 64.1 Å². The Morgan fingerprint density at radius 2 is 1.63 bits per heavy atom. The Hall–Kier alpha value is -2.33. The van der Waals surface area contributed by atoms with Crippen molar-refractivity contribution in [3.63, 3.8) is 0 Å². The zero-order chi connectivity index (χ0) is 26.3. The van der Waals surface area contributed by atoms with Gasteiger partial charge in [0.1, 0.15) is 12.6 Å². The maximum absolute atomic E-state index is 13.6. The van der Waals surface area contributed by atoms with E-state index in [0.717, 1.165) is 8.61 Å². The highest BCUT2D eigenvalue weighted by Crippen LogP contribution is 2.24. The van der Waals surface area contributed by atoms with Crippen LogP contribution in [0.5, 0.6) is 0 Å². The number of hydrogen-bond acceptors (Lipinski definition) is 4. The molecule has 0 aromatic heterocycles. The van der Waals surface area contributed by atoms with Gasteiger partial charge in [-0.25, -0.2) is 4.31 Å². The number of amides is 2. The average Bonchev–Trinajstić information content (AvgIpc) is 2.80. The second-order valence-corrected chi connectivity index (χ2v) is 11.6. The molecule has 0 saturated heterocycles. The van der Waals surface area contributed by atoms with Crippen LogP contribution in [-0.4, -0.2) is 62.7 Å². The molecule has 0 bridgehead atoms. The van der Waals surface area contributed by atoms with Crippen LogP contribution >= 0.6 is 23.2 Å². The van der Waals surface area contributed by atoms with Crippen molar-refractivity contribution in [2.24, 2.45) is 5.92 Å². The molecule has 2 aromatic rings. The van der Waals surface area contributed by atoms with Crippen molar-refractivity contribution >= 4 is 50.9 Å². The van der Waals surface area contributed by atoms with Crippen LogP contribution in [0.3, 0.4) is 0 Å². The molecule has 0 spiro atoms. The lowest BCUT2D eigenvalue weighted by molar-refractivity contribution is -0.139. The van der Waals surface area contributed by atoms with E-state index in [-0.39, 0.29) is 18.4 Å². The summed E-state index contributed by atoms with van der Waals surface area (Å²) in [5, 5.41) is 3.61. The van der Waals surface area contributed by atoms with E-state index in [1.54, 1.807) is 55.5 Å². The molecule has 0 saturated carbocycles. The lowest BCUT2D eigenvalue weighted by atomic mass is 10.1. The first-order chi connectivity index (χ1) is 16.3. The molecular weight excluding hydrogens is 511 g/mol. The van der Waals surface area contributed by atoms with Crippen LogP contribution < -0.4 is 9.62 Å². The second kappa shape index (κ2) is 12.6. The van der Waals surface area contributed by atoms with Crippen LogP contribution in [0, 0.1) is 5.92 Å². The number of anilines is 1. The number of nitrogens with zero attached hydrogens (tertiary/aromatic N) is 3. The number of nitrogens with one attached hydrogen (secondary N) is 1. The zero-order valence-electron chi connectivity index (χ0n) is 20.5. The van der Waals surface area contributed by atoms with Gasteiger partial charge in [0, 0.05) is 37.2 Å². The third kappa shape index (κ3) is 7.83. The lowest BCUT2D eigenvalue weighted by Crippen LogP contribution is -2.52. The van der Waals surface area contributed by atoms with E-state index >= 15 is 0 Å². The van der Waals surface area contributed by atoms with Crippen LogP contribution in [0.2, 0.25) is 10.0 Å². The van der Waals surface area contributed by atoms with Crippen LogP contribution in [0.25, 0.3) is 0 Å². The van der Waals surface area contributed by atoms with Crippen LogP contribution in [0.15, 0.2) is 48.5 Å². The quantitative estimate of drug-likeness (QED) is 0.467. The van der Waals surface area contributed by atoms with E-state index in [1.165, 1.54) is 19.0 Å². The third-order valence-electron chi connectivity index (χ3n) is 5.27. The van der Waals surface area contributed by atoms with Gasteiger partial charge in [0.15, 0.2) is 0 Å². The molecule has 0 aliphatic rings. The smallest absolute Gasteiger partial charge is 0.304 e. The summed E-state index contributed by atoms with van der Waals surface area (Å²) in [4.78, 5) is 27.8. The normalized spacial score (nSPS) is 12.5. The molecule has 1 N–H and O–H groups in total. The largest absolute Gasteiger partial charge is 0.354 e. The highest BCUT2D eigenvalue weighted by molar-refractivity contribution is 7.90. The highest BCUT2D eigenvalue weighted by Gasteiger charge is 2.32. The summed E-state index contributed by atoms with van der Waals surface area (Å²) in [5.41, 5.74) is 0.908. The molecular formula is C24H32Cl2N4O4S. The van der Waals surface area contributed by atoms with Gasteiger partial charge in [0.25, 0.3) is 0 Å².